The van der Waals surface area contributed by atoms with Crippen molar-refractivity contribution < 1.29 is 0 Å². The summed E-state index contributed by atoms with van der Waals surface area (Å²) >= 11 is 0. The average molecular weight is 366 g/mol. The summed E-state index contributed by atoms with van der Waals surface area (Å²) in [5.74, 6) is 0.545. The van der Waals surface area contributed by atoms with Gasteiger partial charge in [-0.05, 0) is 60.8 Å². The number of aromatic nitrogens is 3. The Morgan fingerprint density at radius 2 is 1.82 bits per heavy atom. The number of hydrogen-bond acceptors (Lipinski definition) is 4. The van der Waals surface area contributed by atoms with Crippen LogP contribution in [0, 0.1) is 0 Å². The van der Waals surface area contributed by atoms with E-state index in [9.17, 15) is 0 Å². The minimum atomic E-state index is 0.545. The predicted octanol–water partition coefficient (Wildman–Crippen LogP) is 4.68. The van der Waals surface area contributed by atoms with Gasteiger partial charge in [0.1, 0.15) is 0 Å². The molecular formula is C24H22N4. The van der Waals surface area contributed by atoms with Crippen LogP contribution < -0.4 is 0 Å². The van der Waals surface area contributed by atoms with Crippen molar-refractivity contribution in [1.82, 2.24) is 19.9 Å². The number of para-hydroxylation sites is 1. The second kappa shape index (κ2) is 7.49. The third kappa shape index (κ3) is 3.51. The number of rotatable bonds is 4. The van der Waals surface area contributed by atoms with Crippen molar-refractivity contribution in [3.63, 3.8) is 0 Å². The summed E-state index contributed by atoms with van der Waals surface area (Å²) in [6.45, 7) is 3.07. The molecule has 4 heterocycles. The maximum Gasteiger partial charge on any atom is 0.0705 e. The zero-order valence-electron chi connectivity index (χ0n) is 15.7. The molecule has 0 N–H and O–H groups in total. The fourth-order valence-electron chi connectivity index (χ4n) is 4.06. The van der Waals surface area contributed by atoms with Gasteiger partial charge in [0.25, 0.3) is 0 Å². The van der Waals surface area contributed by atoms with E-state index in [1.807, 2.05) is 30.7 Å². The molecule has 0 amide bonds. The highest BCUT2D eigenvalue weighted by molar-refractivity contribution is 5.78. The van der Waals surface area contributed by atoms with Crippen molar-refractivity contribution in [3.8, 4) is 11.3 Å². The van der Waals surface area contributed by atoms with Gasteiger partial charge < -0.3 is 0 Å². The van der Waals surface area contributed by atoms with Gasteiger partial charge in [-0.2, -0.15) is 0 Å². The fourth-order valence-corrected chi connectivity index (χ4v) is 4.06. The summed E-state index contributed by atoms with van der Waals surface area (Å²) in [4.78, 5) is 16.0. The van der Waals surface area contributed by atoms with Gasteiger partial charge >= 0.3 is 0 Å². The Balaban J connectivity index is 1.30. The van der Waals surface area contributed by atoms with E-state index in [1.54, 1.807) is 0 Å². The SMILES string of the molecule is c1ccc2nc(CN3CCC(c4ccnc(-c5ccncc5)c4)C3)ccc2c1. The standard InChI is InChI=1S/C24H22N4/c1-2-4-23-18(3-1)5-6-22(27-23)17-28-14-10-21(16-28)20-9-13-26-24(15-20)19-7-11-25-12-8-19/h1-9,11-13,15,21H,10,14,16-17H2. The smallest absolute Gasteiger partial charge is 0.0705 e. The monoisotopic (exact) mass is 366 g/mol. The highest BCUT2D eigenvalue weighted by Crippen LogP contribution is 2.30. The van der Waals surface area contributed by atoms with Crippen molar-refractivity contribution in [2.45, 2.75) is 18.9 Å². The minimum absolute atomic E-state index is 0.545. The molecule has 4 nitrogen and oxygen atoms in total. The van der Waals surface area contributed by atoms with E-state index in [1.165, 1.54) is 17.4 Å². The summed E-state index contributed by atoms with van der Waals surface area (Å²) < 4.78 is 0. The molecule has 1 unspecified atom stereocenters. The highest BCUT2D eigenvalue weighted by atomic mass is 15.1. The van der Waals surface area contributed by atoms with Crippen LogP contribution in [-0.2, 0) is 6.54 Å². The molecule has 28 heavy (non-hydrogen) atoms. The van der Waals surface area contributed by atoms with Gasteiger partial charge in [0, 0.05) is 42.6 Å². The van der Waals surface area contributed by atoms with Gasteiger partial charge in [0.2, 0.25) is 0 Å². The van der Waals surface area contributed by atoms with Gasteiger partial charge in [-0.25, -0.2) is 0 Å². The Bertz CT molecular complexity index is 1090. The molecule has 0 aliphatic carbocycles. The van der Waals surface area contributed by atoms with E-state index in [0.717, 1.165) is 42.1 Å². The van der Waals surface area contributed by atoms with E-state index in [4.69, 9.17) is 4.98 Å². The quantitative estimate of drug-likeness (QED) is 0.526. The van der Waals surface area contributed by atoms with Crippen molar-refractivity contribution in [1.29, 1.82) is 0 Å². The van der Waals surface area contributed by atoms with E-state index < -0.39 is 0 Å². The van der Waals surface area contributed by atoms with Gasteiger partial charge in [-0.3, -0.25) is 19.9 Å². The van der Waals surface area contributed by atoms with E-state index in [-0.39, 0.29) is 0 Å². The third-order valence-electron chi connectivity index (χ3n) is 5.55. The van der Waals surface area contributed by atoms with Crippen LogP contribution in [0.2, 0.25) is 0 Å². The van der Waals surface area contributed by atoms with Crippen LogP contribution in [0.5, 0.6) is 0 Å². The van der Waals surface area contributed by atoms with Crippen molar-refractivity contribution in [2.24, 2.45) is 0 Å². The Morgan fingerprint density at radius 3 is 2.75 bits per heavy atom. The molecule has 4 aromatic rings. The molecule has 1 aromatic carbocycles. The maximum atomic E-state index is 4.83. The first-order valence-electron chi connectivity index (χ1n) is 9.78. The maximum absolute atomic E-state index is 4.83. The van der Waals surface area contributed by atoms with Crippen LogP contribution in [0.1, 0.15) is 23.6 Å². The van der Waals surface area contributed by atoms with Crippen LogP contribution in [0.4, 0.5) is 0 Å². The molecule has 1 saturated heterocycles. The van der Waals surface area contributed by atoms with E-state index in [0.29, 0.717) is 5.92 Å². The zero-order chi connectivity index (χ0) is 18.8. The minimum Gasteiger partial charge on any atom is -0.297 e. The number of nitrogens with zero attached hydrogens (tertiary/aromatic N) is 4. The van der Waals surface area contributed by atoms with Crippen LogP contribution in [0.15, 0.2) is 79.3 Å². The number of likely N-dealkylation sites (tertiary alicyclic amines) is 1. The molecule has 1 aliphatic rings. The highest BCUT2D eigenvalue weighted by Gasteiger charge is 2.24. The van der Waals surface area contributed by atoms with Gasteiger partial charge in [0.15, 0.2) is 0 Å². The van der Waals surface area contributed by atoms with Crippen LogP contribution in [0.25, 0.3) is 22.2 Å². The Morgan fingerprint density at radius 1 is 0.929 bits per heavy atom. The number of fused-ring (bicyclic) bond motifs is 1. The van der Waals surface area contributed by atoms with E-state index >= 15 is 0 Å². The van der Waals surface area contributed by atoms with E-state index in [2.05, 4.69) is 63.4 Å². The molecule has 138 valence electrons. The fraction of sp³-hybridized carbons (Fsp3) is 0.208. The van der Waals surface area contributed by atoms with Crippen molar-refractivity contribution >= 4 is 10.9 Å². The van der Waals surface area contributed by atoms with Crippen molar-refractivity contribution in [3.05, 3.63) is 90.5 Å². The number of pyridine rings is 3. The van der Waals surface area contributed by atoms with Crippen LogP contribution >= 0.6 is 0 Å². The van der Waals surface area contributed by atoms with Crippen LogP contribution in [-0.4, -0.2) is 32.9 Å². The molecule has 4 heteroatoms. The summed E-state index contributed by atoms with van der Waals surface area (Å²) in [6, 6.07) is 21.1. The molecule has 0 saturated carbocycles. The average Bonchev–Trinajstić information content (AvgIpc) is 3.23. The van der Waals surface area contributed by atoms with Gasteiger partial charge in [-0.15, -0.1) is 0 Å². The Labute approximate surface area is 164 Å². The summed E-state index contributed by atoms with van der Waals surface area (Å²) in [5, 5.41) is 1.20. The molecule has 1 aliphatic heterocycles. The normalized spacial score (nSPS) is 17.2. The lowest BCUT2D eigenvalue weighted by atomic mass is 9.97. The lowest BCUT2D eigenvalue weighted by Gasteiger charge is -2.16. The van der Waals surface area contributed by atoms with Gasteiger partial charge in [0.05, 0.1) is 16.9 Å². The number of benzene rings is 1. The first-order chi connectivity index (χ1) is 13.8. The Hall–Kier alpha value is -3.11. The summed E-state index contributed by atoms with van der Waals surface area (Å²) in [7, 11) is 0. The second-order valence-corrected chi connectivity index (χ2v) is 7.43. The molecular weight excluding hydrogens is 344 g/mol. The van der Waals surface area contributed by atoms with Crippen LogP contribution in [0.3, 0.4) is 0 Å². The summed E-state index contributed by atoms with van der Waals surface area (Å²) in [5.41, 5.74) is 5.73. The second-order valence-electron chi connectivity index (χ2n) is 7.43. The Kier molecular flexibility index (Phi) is 4.55. The molecule has 0 radical (unpaired) electrons. The van der Waals surface area contributed by atoms with Gasteiger partial charge in [-0.1, -0.05) is 24.3 Å². The largest absolute Gasteiger partial charge is 0.297 e. The first-order valence-corrected chi connectivity index (χ1v) is 9.78. The topological polar surface area (TPSA) is 41.9 Å². The molecule has 1 atom stereocenters. The summed E-state index contributed by atoms with van der Waals surface area (Å²) in [6.07, 6.45) is 6.74. The zero-order valence-corrected chi connectivity index (χ0v) is 15.7. The lowest BCUT2D eigenvalue weighted by Crippen LogP contribution is -2.20. The van der Waals surface area contributed by atoms with Crippen molar-refractivity contribution in [2.75, 3.05) is 13.1 Å². The lowest BCUT2D eigenvalue weighted by molar-refractivity contribution is 0.323. The molecule has 0 bridgehead atoms. The molecule has 5 rings (SSSR count). The third-order valence-corrected chi connectivity index (χ3v) is 5.55. The first kappa shape index (κ1) is 17.0. The molecule has 0 spiro atoms. The predicted molar refractivity (Wildman–Crippen MR) is 112 cm³/mol. The molecule has 1 fully saturated rings. The molecule has 3 aromatic heterocycles. The number of hydrogen-bond donors (Lipinski definition) is 0.